The van der Waals surface area contributed by atoms with Crippen molar-refractivity contribution in [1.29, 1.82) is 0 Å². The predicted molar refractivity (Wildman–Crippen MR) is 107 cm³/mol. The molecule has 1 aromatic heterocycles. The first kappa shape index (κ1) is 16.9. The molecular formula is C21H21N5O. The molecule has 1 aliphatic rings. The van der Waals surface area contributed by atoms with Crippen molar-refractivity contribution in [3.05, 3.63) is 77.6 Å². The quantitative estimate of drug-likeness (QED) is 0.554. The van der Waals surface area contributed by atoms with Crippen molar-refractivity contribution >= 4 is 11.5 Å². The zero-order valence-electron chi connectivity index (χ0n) is 15.1. The van der Waals surface area contributed by atoms with Crippen LogP contribution in [0.5, 0.6) is 5.75 Å². The minimum absolute atomic E-state index is 0.395. The molecule has 0 atom stereocenters. The van der Waals surface area contributed by atoms with Gasteiger partial charge in [0.25, 0.3) is 0 Å². The predicted octanol–water partition coefficient (Wildman–Crippen LogP) is 3.34. The molecule has 0 unspecified atom stereocenters. The molecule has 27 heavy (non-hydrogen) atoms. The van der Waals surface area contributed by atoms with Gasteiger partial charge in [-0.05, 0) is 19.1 Å². The van der Waals surface area contributed by atoms with Crippen LogP contribution in [0.4, 0.5) is 5.69 Å². The molecule has 0 radical (unpaired) electrons. The molecule has 3 aromatic rings. The summed E-state index contributed by atoms with van der Waals surface area (Å²) in [7, 11) is 0. The molecule has 0 saturated heterocycles. The number of aliphatic imine (C=N–C) groups is 1. The molecule has 4 rings (SSSR count). The van der Waals surface area contributed by atoms with E-state index in [9.17, 15) is 0 Å². The van der Waals surface area contributed by atoms with Gasteiger partial charge in [-0.25, -0.2) is 4.99 Å². The number of amidine groups is 1. The smallest absolute Gasteiger partial charge is 0.130 e. The molecular weight excluding hydrogens is 338 g/mol. The second kappa shape index (κ2) is 6.99. The highest BCUT2D eigenvalue weighted by molar-refractivity contribution is 5.97. The third-order valence-electron chi connectivity index (χ3n) is 4.58. The molecule has 6 heteroatoms. The van der Waals surface area contributed by atoms with Crippen molar-refractivity contribution in [1.82, 2.24) is 9.78 Å². The van der Waals surface area contributed by atoms with Crippen LogP contribution in [-0.4, -0.2) is 15.6 Å². The standard InChI is InChI=1S/C21H21N5O/c1-14(11-22)21(23)24-17-8-7-16-12-26-18(13-27-20(16)9-17)10-19(25-26)15-5-3-2-4-6-15/h2-11H,12-13,22H2,1H3,(H2,23,24). The van der Waals surface area contributed by atoms with Crippen LogP contribution < -0.4 is 16.2 Å². The summed E-state index contributed by atoms with van der Waals surface area (Å²) in [5.41, 5.74) is 17.0. The normalized spacial score (nSPS) is 14.1. The second-order valence-electron chi connectivity index (χ2n) is 6.47. The van der Waals surface area contributed by atoms with Gasteiger partial charge in [0, 0.05) is 29.0 Å². The largest absolute Gasteiger partial charge is 0.487 e. The number of ether oxygens (including phenoxy) is 1. The maximum Gasteiger partial charge on any atom is 0.130 e. The highest BCUT2D eigenvalue weighted by atomic mass is 16.5. The minimum atomic E-state index is 0.395. The van der Waals surface area contributed by atoms with Crippen molar-refractivity contribution < 1.29 is 4.74 Å². The van der Waals surface area contributed by atoms with Crippen LogP contribution in [0.3, 0.4) is 0 Å². The number of hydrogen-bond acceptors (Lipinski definition) is 4. The maximum absolute atomic E-state index is 6.02. The monoisotopic (exact) mass is 359 g/mol. The van der Waals surface area contributed by atoms with Crippen LogP contribution in [0, 0.1) is 0 Å². The molecule has 2 aromatic carbocycles. The van der Waals surface area contributed by atoms with Crippen LogP contribution in [-0.2, 0) is 13.2 Å². The number of nitrogens with zero attached hydrogens (tertiary/aromatic N) is 3. The van der Waals surface area contributed by atoms with Crippen molar-refractivity contribution in [3.8, 4) is 17.0 Å². The number of rotatable bonds is 3. The van der Waals surface area contributed by atoms with Gasteiger partial charge in [0.15, 0.2) is 0 Å². The summed E-state index contributed by atoms with van der Waals surface area (Å²) in [6, 6.07) is 18.0. The number of fused-ring (bicyclic) bond motifs is 2. The van der Waals surface area contributed by atoms with Crippen molar-refractivity contribution in [3.63, 3.8) is 0 Å². The molecule has 0 spiro atoms. The van der Waals surface area contributed by atoms with E-state index in [1.165, 1.54) is 6.20 Å². The third-order valence-corrected chi connectivity index (χ3v) is 4.58. The van der Waals surface area contributed by atoms with Gasteiger partial charge < -0.3 is 16.2 Å². The van der Waals surface area contributed by atoms with Crippen molar-refractivity contribution in [2.75, 3.05) is 0 Å². The Morgan fingerprint density at radius 3 is 2.78 bits per heavy atom. The summed E-state index contributed by atoms with van der Waals surface area (Å²) in [6.07, 6.45) is 1.45. The molecule has 2 heterocycles. The Morgan fingerprint density at radius 2 is 2.00 bits per heavy atom. The highest BCUT2D eigenvalue weighted by Gasteiger charge is 2.17. The first-order valence-corrected chi connectivity index (χ1v) is 8.75. The van der Waals surface area contributed by atoms with E-state index in [2.05, 4.69) is 23.2 Å². The summed E-state index contributed by atoms with van der Waals surface area (Å²) in [6.45, 7) is 2.93. The SMILES string of the molecule is CC(=CN)C(N)=Nc1ccc2c(c1)OCc1cc(-c3ccccc3)nn1C2. The highest BCUT2D eigenvalue weighted by Crippen LogP contribution is 2.30. The first-order valence-electron chi connectivity index (χ1n) is 8.75. The summed E-state index contributed by atoms with van der Waals surface area (Å²) in [4.78, 5) is 4.40. The fraction of sp³-hybridized carbons (Fsp3) is 0.143. The van der Waals surface area contributed by atoms with E-state index in [0.717, 1.165) is 39.5 Å². The summed E-state index contributed by atoms with van der Waals surface area (Å²) < 4.78 is 8.02. The Kier molecular flexibility index (Phi) is 4.38. The van der Waals surface area contributed by atoms with Gasteiger partial charge >= 0.3 is 0 Å². The second-order valence-corrected chi connectivity index (χ2v) is 6.47. The zero-order valence-corrected chi connectivity index (χ0v) is 15.1. The van der Waals surface area contributed by atoms with Crippen molar-refractivity contribution in [2.24, 2.45) is 16.5 Å². The van der Waals surface area contributed by atoms with E-state index >= 15 is 0 Å². The lowest BCUT2D eigenvalue weighted by Gasteiger charge is -2.08. The Morgan fingerprint density at radius 1 is 1.19 bits per heavy atom. The van der Waals surface area contributed by atoms with E-state index < -0.39 is 0 Å². The van der Waals surface area contributed by atoms with Crippen LogP contribution in [0.2, 0.25) is 0 Å². The van der Waals surface area contributed by atoms with Gasteiger partial charge in [0.2, 0.25) is 0 Å². The van der Waals surface area contributed by atoms with Crippen molar-refractivity contribution in [2.45, 2.75) is 20.1 Å². The zero-order chi connectivity index (χ0) is 18.8. The third kappa shape index (κ3) is 3.42. The summed E-state index contributed by atoms with van der Waals surface area (Å²) in [5, 5.41) is 4.75. The van der Waals surface area contributed by atoms with E-state index in [0.29, 0.717) is 19.0 Å². The van der Waals surface area contributed by atoms with Gasteiger partial charge in [-0.15, -0.1) is 0 Å². The fourth-order valence-corrected chi connectivity index (χ4v) is 2.96. The van der Waals surface area contributed by atoms with E-state index in [1.54, 1.807) is 0 Å². The molecule has 1 aliphatic heterocycles. The Hall–Kier alpha value is -3.54. The van der Waals surface area contributed by atoms with Crippen LogP contribution in [0.15, 0.2) is 71.4 Å². The fourth-order valence-electron chi connectivity index (χ4n) is 2.96. The minimum Gasteiger partial charge on any atom is -0.487 e. The van der Waals surface area contributed by atoms with E-state index in [1.807, 2.05) is 48.0 Å². The van der Waals surface area contributed by atoms with Gasteiger partial charge in [-0.2, -0.15) is 5.10 Å². The number of nitrogens with two attached hydrogens (primary N) is 2. The van der Waals surface area contributed by atoms with Crippen LogP contribution in [0.1, 0.15) is 18.2 Å². The molecule has 4 N–H and O–H groups in total. The van der Waals surface area contributed by atoms with Crippen LogP contribution >= 0.6 is 0 Å². The Labute approximate surface area is 157 Å². The molecule has 0 amide bonds. The first-order chi connectivity index (χ1) is 13.1. The van der Waals surface area contributed by atoms with E-state index in [4.69, 9.17) is 21.3 Å². The summed E-state index contributed by atoms with van der Waals surface area (Å²) in [5.74, 6) is 1.19. The van der Waals surface area contributed by atoms with Gasteiger partial charge in [-0.3, -0.25) is 4.68 Å². The van der Waals surface area contributed by atoms with E-state index in [-0.39, 0.29) is 0 Å². The number of benzene rings is 2. The lowest BCUT2D eigenvalue weighted by molar-refractivity contribution is 0.302. The topological polar surface area (TPSA) is 91.5 Å². The molecule has 6 nitrogen and oxygen atoms in total. The Balaban J connectivity index is 1.63. The molecule has 0 saturated carbocycles. The van der Waals surface area contributed by atoms with Gasteiger partial charge in [0.05, 0.1) is 23.6 Å². The number of aromatic nitrogens is 2. The lowest BCUT2D eigenvalue weighted by atomic mass is 10.1. The average Bonchev–Trinajstić information content (AvgIpc) is 3.02. The van der Waals surface area contributed by atoms with Crippen LogP contribution in [0.25, 0.3) is 11.3 Å². The lowest BCUT2D eigenvalue weighted by Crippen LogP contribution is -2.13. The number of hydrogen-bond donors (Lipinski definition) is 2. The Bertz CT molecular complexity index is 1030. The van der Waals surface area contributed by atoms with Gasteiger partial charge in [0.1, 0.15) is 18.2 Å². The summed E-state index contributed by atoms with van der Waals surface area (Å²) >= 11 is 0. The molecule has 0 bridgehead atoms. The molecule has 136 valence electrons. The maximum atomic E-state index is 6.02. The average molecular weight is 359 g/mol. The van der Waals surface area contributed by atoms with Gasteiger partial charge in [-0.1, -0.05) is 36.4 Å². The molecule has 0 fully saturated rings. The molecule has 0 aliphatic carbocycles.